The number of nitrogens with one attached hydrogen (secondary N) is 3. The van der Waals surface area contributed by atoms with Gasteiger partial charge in [-0.05, 0) is 25.1 Å². The van der Waals surface area contributed by atoms with E-state index in [1.807, 2.05) is 25.1 Å². The van der Waals surface area contributed by atoms with E-state index in [1.165, 1.54) is 4.90 Å². The van der Waals surface area contributed by atoms with E-state index >= 15 is 0 Å². The van der Waals surface area contributed by atoms with E-state index in [2.05, 4.69) is 10.6 Å². The summed E-state index contributed by atoms with van der Waals surface area (Å²) < 4.78 is 10.8. The summed E-state index contributed by atoms with van der Waals surface area (Å²) in [7, 11) is 3.29. The highest BCUT2D eigenvalue weighted by Gasteiger charge is 2.33. The van der Waals surface area contributed by atoms with Gasteiger partial charge in [0.1, 0.15) is 17.5 Å². The Hall–Kier alpha value is -2.28. The van der Waals surface area contributed by atoms with E-state index in [4.69, 9.17) is 9.47 Å². The SMILES string of the molecule is CCNC(=O)CNC(=O)C[NH+]1CCC[C@@H]1c1cc(OC)ccc1OC. The number of benzene rings is 1. The van der Waals surface area contributed by atoms with Crippen LogP contribution in [-0.4, -0.2) is 52.2 Å². The highest BCUT2D eigenvalue weighted by molar-refractivity contribution is 5.84. The maximum Gasteiger partial charge on any atom is 0.275 e. The predicted octanol–water partition coefficient (Wildman–Crippen LogP) is -0.324. The van der Waals surface area contributed by atoms with Crippen molar-refractivity contribution in [3.05, 3.63) is 23.8 Å². The summed E-state index contributed by atoms with van der Waals surface area (Å²) in [5, 5.41) is 5.36. The van der Waals surface area contributed by atoms with Crippen molar-refractivity contribution >= 4 is 11.8 Å². The van der Waals surface area contributed by atoms with Gasteiger partial charge in [0.05, 0.1) is 32.9 Å². The number of rotatable bonds is 8. The molecule has 25 heavy (non-hydrogen) atoms. The fourth-order valence-electron chi connectivity index (χ4n) is 3.32. The maximum absolute atomic E-state index is 12.2. The Labute approximate surface area is 148 Å². The van der Waals surface area contributed by atoms with Crippen molar-refractivity contribution in [2.24, 2.45) is 0 Å². The van der Waals surface area contributed by atoms with Gasteiger partial charge in [-0.2, -0.15) is 0 Å². The van der Waals surface area contributed by atoms with Crippen LogP contribution in [0.1, 0.15) is 31.4 Å². The fourth-order valence-corrected chi connectivity index (χ4v) is 3.32. The van der Waals surface area contributed by atoms with Crippen LogP contribution in [0.4, 0.5) is 0 Å². The van der Waals surface area contributed by atoms with Gasteiger partial charge >= 0.3 is 0 Å². The Morgan fingerprint density at radius 2 is 2.00 bits per heavy atom. The molecule has 1 fully saturated rings. The van der Waals surface area contributed by atoms with Gasteiger partial charge in [-0.1, -0.05) is 0 Å². The molecule has 1 heterocycles. The predicted molar refractivity (Wildman–Crippen MR) is 93.9 cm³/mol. The van der Waals surface area contributed by atoms with Crippen molar-refractivity contribution in [2.75, 3.05) is 40.4 Å². The van der Waals surface area contributed by atoms with Crippen LogP contribution in [0.3, 0.4) is 0 Å². The lowest BCUT2D eigenvalue weighted by atomic mass is 10.0. The van der Waals surface area contributed by atoms with Crippen LogP contribution in [0, 0.1) is 0 Å². The molecule has 1 saturated heterocycles. The average molecular weight is 350 g/mol. The van der Waals surface area contributed by atoms with Crippen LogP contribution in [-0.2, 0) is 9.59 Å². The molecule has 7 heteroatoms. The third kappa shape index (κ3) is 5.09. The van der Waals surface area contributed by atoms with Gasteiger partial charge < -0.3 is 25.0 Å². The molecule has 0 radical (unpaired) electrons. The largest absolute Gasteiger partial charge is 0.497 e. The Morgan fingerprint density at radius 3 is 2.68 bits per heavy atom. The Bertz CT molecular complexity index is 606. The number of carbonyl (C=O) groups is 2. The Balaban J connectivity index is 2.02. The Morgan fingerprint density at radius 1 is 1.20 bits per heavy atom. The first-order valence-corrected chi connectivity index (χ1v) is 8.69. The van der Waals surface area contributed by atoms with E-state index in [0.29, 0.717) is 13.1 Å². The van der Waals surface area contributed by atoms with Gasteiger partial charge in [0.15, 0.2) is 6.54 Å². The van der Waals surface area contributed by atoms with Crippen molar-refractivity contribution in [2.45, 2.75) is 25.8 Å². The standard InChI is InChI=1S/C18H27N3O4/c1-4-19-17(22)11-20-18(23)12-21-9-5-6-15(21)14-10-13(24-2)7-8-16(14)25-3/h7-8,10,15H,4-6,9,11-12H2,1-3H3,(H,19,22)(H,20,23)/p+1/t15-/m1/s1. The number of likely N-dealkylation sites (tertiary alicyclic amines) is 1. The minimum atomic E-state index is -0.168. The third-order valence-corrected chi connectivity index (χ3v) is 4.50. The number of carbonyl (C=O) groups excluding carboxylic acids is 2. The Kier molecular flexibility index (Phi) is 7.06. The number of likely N-dealkylation sites (N-methyl/N-ethyl adjacent to an activating group) is 1. The van der Waals surface area contributed by atoms with Crippen LogP contribution in [0.15, 0.2) is 18.2 Å². The van der Waals surface area contributed by atoms with Crippen molar-refractivity contribution < 1.29 is 24.0 Å². The van der Waals surface area contributed by atoms with Crippen LogP contribution in [0.5, 0.6) is 11.5 Å². The highest BCUT2D eigenvalue weighted by Crippen LogP contribution is 2.31. The lowest BCUT2D eigenvalue weighted by molar-refractivity contribution is -0.910. The van der Waals surface area contributed by atoms with Gasteiger partial charge in [-0.25, -0.2) is 0 Å². The fraction of sp³-hybridized carbons (Fsp3) is 0.556. The minimum Gasteiger partial charge on any atom is -0.497 e. The van der Waals surface area contributed by atoms with Crippen LogP contribution >= 0.6 is 0 Å². The molecule has 0 aliphatic carbocycles. The zero-order valence-electron chi connectivity index (χ0n) is 15.2. The first-order chi connectivity index (χ1) is 12.1. The molecule has 2 atom stereocenters. The lowest BCUT2D eigenvalue weighted by Crippen LogP contribution is -3.11. The maximum atomic E-state index is 12.2. The van der Waals surface area contributed by atoms with E-state index < -0.39 is 0 Å². The normalized spacial score (nSPS) is 19.3. The second-order valence-electron chi connectivity index (χ2n) is 6.12. The van der Waals surface area contributed by atoms with E-state index in [0.717, 1.165) is 36.4 Å². The number of hydrogen-bond donors (Lipinski definition) is 3. The summed E-state index contributed by atoms with van der Waals surface area (Å²) >= 11 is 0. The zero-order chi connectivity index (χ0) is 18.2. The molecule has 1 aromatic carbocycles. The number of hydrogen-bond acceptors (Lipinski definition) is 4. The van der Waals surface area contributed by atoms with Crippen LogP contribution < -0.4 is 25.0 Å². The molecule has 0 saturated carbocycles. The summed E-state index contributed by atoms with van der Waals surface area (Å²) in [5.74, 6) is 1.31. The molecule has 1 aliphatic rings. The van der Waals surface area contributed by atoms with E-state index in [9.17, 15) is 9.59 Å². The van der Waals surface area contributed by atoms with E-state index in [1.54, 1.807) is 14.2 Å². The zero-order valence-corrected chi connectivity index (χ0v) is 15.2. The molecule has 2 amide bonds. The quantitative estimate of drug-likeness (QED) is 0.600. The minimum absolute atomic E-state index is 0.0209. The topological polar surface area (TPSA) is 81.1 Å². The smallest absolute Gasteiger partial charge is 0.275 e. The molecule has 0 aromatic heterocycles. The molecular formula is C18H28N3O4+. The van der Waals surface area contributed by atoms with Crippen LogP contribution in [0.2, 0.25) is 0 Å². The molecule has 1 unspecified atom stereocenters. The summed E-state index contributed by atoms with van der Waals surface area (Å²) in [6.07, 6.45) is 2.03. The summed E-state index contributed by atoms with van der Waals surface area (Å²) in [5.41, 5.74) is 1.06. The van der Waals surface area contributed by atoms with E-state index in [-0.39, 0.29) is 24.4 Å². The number of ether oxygens (including phenoxy) is 2. The lowest BCUT2D eigenvalue weighted by Gasteiger charge is -2.23. The second kappa shape index (κ2) is 9.27. The van der Waals surface area contributed by atoms with Crippen molar-refractivity contribution in [1.82, 2.24) is 10.6 Å². The molecule has 7 nitrogen and oxygen atoms in total. The first kappa shape index (κ1) is 19.1. The van der Waals surface area contributed by atoms with Gasteiger partial charge in [0.2, 0.25) is 5.91 Å². The highest BCUT2D eigenvalue weighted by atomic mass is 16.5. The second-order valence-corrected chi connectivity index (χ2v) is 6.12. The third-order valence-electron chi connectivity index (χ3n) is 4.50. The van der Waals surface area contributed by atoms with Gasteiger partial charge in [-0.15, -0.1) is 0 Å². The number of amides is 2. The van der Waals surface area contributed by atoms with Gasteiger partial charge in [0, 0.05) is 19.4 Å². The van der Waals surface area contributed by atoms with Crippen LogP contribution in [0.25, 0.3) is 0 Å². The average Bonchev–Trinajstić information content (AvgIpc) is 3.07. The number of methoxy groups -OCH3 is 2. The molecule has 1 aromatic rings. The van der Waals surface area contributed by atoms with Crippen molar-refractivity contribution in [3.63, 3.8) is 0 Å². The number of quaternary nitrogens is 1. The molecule has 0 bridgehead atoms. The monoisotopic (exact) mass is 350 g/mol. The molecule has 1 aliphatic heterocycles. The molecular weight excluding hydrogens is 322 g/mol. The summed E-state index contributed by atoms with van der Waals surface area (Å²) in [6, 6.07) is 5.94. The van der Waals surface area contributed by atoms with Gasteiger partial charge in [0.25, 0.3) is 5.91 Å². The first-order valence-electron chi connectivity index (χ1n) is 8.69. The summed E-state index contributed by atoms with van der Waals surface area (Å²) in [6.45, 7) is 3.68. The van der Waals surface area contributed by atoms with Crippen molar-refractivity contribution in [1.29, 1.82) is 0 Å². The molecule has 2 rings (SSSR count). The summed E-state index contributed by atoms with van der Waals surface area (Å²) in [4.78, 5) is 24.8. The molecule has 138 valence electrons. The van der Waals surface area contributed by atoms with Gasteiger partial charge in [-0.3, -0.25) is 9.59 Å². The molecule has 0 spiro atoms. The molecule has 3 N–H and O–H groups in total. The van der Waals surface area contributed by atoms with Crippen molar-refractivity contribution in [3.8, 4) is 11.5 Å².